The number of nitrogens with two attached hydrogens (primary N) is 1. The standard InChI is InChI=1S/C11H22BNO3/c1-12(16)7-3-2-5-11(10(14)15)6-4-9(13)8-11/h9,16H,2-8,13H2,1H3,(H,14,15). The van der Waals surface area contributed by atoms with Gasteiger partial charge in [0.05, 0.1) is 5.41 Å². The van der Waals surface area contributed by atoms with E-state index in [-0.39, 0.29) is 13.0 Å². The normalized spacial score (nSPS) is 29.3. The molecule has 0 aliphatic heterocycles. The third-order valence-corrected chi connectivity index (χ3v) is 3.63. The molecule has 0 aromatic rings. The smallest absolute Gasteiger partial charge is 0.309 e. The highest BCUT2D eigenvalue weighted by molar-refractivity contribution is 6.48. The van der Waals surface area contributed by atoms with Gasteiger partial charge in [-0.25, -0.2) is 0 Å². The van der Waals surface area contributed by atoms with Crippen LogP contribution in [0.2, 0.25) is 13.1 Å². The second-order valence-corrected chi connectivity index (χ2v) is 5.18. The molecule has 1 saturated carbocycles. The van der Waals surface area contributed by atoms with Crippen molar-refractivity contribution in [3.63, 3.8) is 0 Å². The number of unbranched alkanes of at least 4 members (excludes halogenated alkanes) is 1. The van der Waals surface area contributed by atoms with E-state index in [2.05, 4.69) is 0 Å². The molecular formula is C11H22BNO3. The maximum absolute atomic E-state index is 11.3. The summed E-state index contributed by atoms with van der Waals surface area (Å²) in [7, 11) is 0. The van der Waals surface area contributed by atoms with Crippen LogP contribution in [0, 0.1) is 5.41 Å². The summed E-state index contributed by atoms with van der Waals surface area (Å²) in [4.78, 5) is 11.3. The van der Waals surface area contributed by atoms with Crippen LogP contribution >= 0.6 is 0 Å². The molecular weight excluding hydrogens is 205 g/mol. The second kappa shape index (κ2) is 5.68. The van der Waals surface area contributed by atoms with Crippen molar-refractivity contribution in [1.82, 2.24) is 0 Å². The molecule has 1 aliphatic carbocycles. The minimum Gasteiger partial charge on any atom is -0.481 e. The number of carboxylic acid groups (broad SMARTS) is 1. The first-order chi connectivity index (χ1) is 7.46. The van der Waals surface area contributed by atoms with E-state index in [1.54, 1.807) is 6.82 Å². The minimum absolute atomic E-state index is 0.0489. The van der Waals surface area contributed by atoms with Crippen molar-refractivity contribution < 1.29 is 14.9 Å². The van der Waals surface area contributed by atoms with Gasteiger partial charge in [0.15, 0.2) is 0 Å². The van der Waals surface area contributed by atoms with E-state index < -0.39 is 11.4 Å². The van der Waals surface area contributed by atoms with Crippen LogP contribution in [-0.4, -0.2) is 29.1 Å². The van der Waals surface area contributed by atoms with Gasteiger partial charge in [0.1, 0.15) is 0 Å². The number of carbonyl (C=O) groups is 1. The number of aliphatic carboxylic acids is 1. The highest BCUT2D eigenvalue weighted by Crippen LogP contribution is 2.42. The van der Waals surface area contributed by atoms with Crippen LogP contribution in [0.5, 0.6) is 0 Å². The van der Waals surface area contributed by atoms with E-state index in [0.717, 1.165) is 25.6 Å². The largest absolute Gasteiger partial charge is 0.481 e. The van der Waals surface area contributed by atoms with Crippen molar-refractivity contribution in [2.45, 2.75) is 57.7 Å². The summed E-state index contributed by atoms with van der Waals surface area (Å²) in [6, 6.07) is 0.0489. The third kappa shape index (κ3) is 3.49. The molecule has 0 bridgehead atoms. The van der Waals surface area contributed by atoms with Crippen LogP contribution in [0.25, 0.3) is 0 Å². The summed E-state index contributed by atoms with van der Waals surface area (Å²) in [6.45, 7) is 1.48. The molecule has 1 fully saturated rings. The lowest BCUT2D eigenvalue weighted by Gasteiger charge is -2.23. The lowest BCUT2D eigenvalue weighted by atomic mass is 9.66. The Morgan fingerprint density at radius 1 is 1.56 bits per heavy atom. The van der Waals surface area contributed by atoms with E-state index in [1.807, 2.05) is 0 Å². The predicted octanol–water partition coefficient (Wildman–Crippen LogP) is 1.35. The summed E-state index contributed by atoms with van der Waals surface area (Å²) in [5.74, 6) is -0.697. The molecule has 0 aromatic heterocycles. The molecule has 4 nitrogen and oxygen atoms in total. The van der Waals surface area contributed by atoms with Crippen LogP contribution in [0.4, 0.5) is 0 Å². The van der Waals surface area contributed by atoms with Crippen molar-refractivity contribution in [2.24, 2.45) is 11.1 Å². The molecule has 0 spiro atoms. The predicted molar refractivity (Wildman–Crippen MR) is 64.4 cm³/mol. The number of rotatable bonds is 6. The molecule has 2 atom stereocenters. The van der Waals surface area contributed by atoms with Gasteiger partial charge in [0, 0.05) is 6.04 Å². The molecule has 92 valence electrons. The van der Waals surface area contributed by atoms with Gasteiger partial charge in [0.2, 0.25) is 0 Å². The molecule has 0 heterocycles. The lowest BCUT2D eigenvalue weighted by molar-refractivity contribution is -0.149. The van der Waals surface area contributed by atoms with Crippen molar-refractivity contribution in [3.8, 4) is 0 Å². The Morgan fingerprint density at radius 3 is 2.69 bits per heavy atom. The van der Waals surface area contributed by atoms with Gasteiger partial charge >= 0.3 is 5.97 Å². The Morgan fingerprint density at radius 2 is 2.25 bits per heavy atom. The van der Waals surface area contributed by atoms with E-state index in [9.17, 15) is 9.90 Å². The molecule has 2 unspecified atom stereocenters. The minimum atomic E-state index is -0.697. The first kappa shape index (κ1) is 13.5. The number of hydrogen-bond acceptors (Lipinski definition) is 3. The average Bonchev–Trinajstić information content (AvgIpc) is 2.56. The highest BCUT2D eigenvalue weighted by Gasteiger charge is 2.43. The van der Waals surface area contributed by atoms with Crippen molar-refractivity contribution >= 4 is 12.9 Å². The monoisotopic (exact) mass is 227 g/mol. The molecule has 0 amide bonds. The number of carboxylic acids is 1. The van der Waals surface area contributed by atoms with Crippen LogP contribution in [0.1, 0.15) is 38.5 Å². The fraction of sp³-hybridized carbons (Fsp3) is 0.909. The van der Waals surface area contributed by atoms with Gasteiger partial charge in [-0.2, -0.15) is 0 Å². The van der Waals surface area contributed by atoms with Crippen LogP contribution < -0.4 is 5.73 Å². The summed E-state index contributed by atoms with van der Waals surface area (Å²) in [5.41, 5.74) is 5.21. The Hall–Kier alpha value is -0.545. The zero-order chi connectivity index (χ0) is 12.2. The lowest BCUT2D eigenvalue weighted by Crippen LogP contribution is -2.30. The fourth-order valence-corrected chi connectivity index (χ4v) is 2.60. The SMILES string of the molecule is CB(O)CCCCC1(C(=O)O)CCC(N)C1. The number of hydrogen-bond donors (Lipinski definition) is 3. The van der Waals surface area contributed by atoms with Crippen LogP contribution in [-0.2, 0) is 4.79 Å². The van der Waals surface area contributed by atoms with E-state index in [4.69, 9.17) is 10.8 Å². The average molecular weight is 227 g/mol. The van der Waals surface area contributed by atoms with Gasteiger partial charge in [-0.15, -0.1) is 0 Å². The Kier molecular flexibility index (Phi) is 4.80. The maximum Gasteiger partial charge on any atom is 0.309 e. The summed E-state index contributed by atoms with van der Waals surface area (Å²) in [5, 5.41) is 18.4. The summed E-state index contributed by atoms with van der Waals surface area (Å²) >= 11 is 0. The van der Waals surface area contributed by atoms with E-state index in [0.29, 0.717) is 19.3 Å². The highest BCUT2D eigenvalue weighted by atomic mass is 16.4. The van der Waals surface area contributed by atoms with Crippen LogP contribution in [0.15, 0.2) is 0 Å². The molecule has 0 aromatic carbocycles. The molecule has 1 aliphatic rings. The van der Waals surface area contributed by atoms with Gasteiger partial charge in [0.25, 0.3) is 6.92 Å². The van der Waals surface area contributed by atoms with E-state index >= 15 is 0 Å². The Bertz CT molecular complexity index is 247. The van der Waals surface area contributed by atoms with Gasteiger partial charge in [-0.1, -0.05) is 19.7 Å². The third-order valence-electron chi connectivity index (χ3n) is 3.63. The topological polar surface area (TPSA) is 83.5 Å². The molecule has 16 heavy (non-hydrogen) atoms. The summed E-state index contributed by atoms with van der Waals surface area (Å²) < 4.78 is 0. The first-order valence-corrected chi connectivity index (χ1v) is 6.13. The Balaban J connectivity index is 2.38. The zero-order valence-corrected chi connectivity index (χ0v) is 9.98. The second-order valence-electron chi connectivity index (χ2n) is 5.18. The summed E-state index contributed by atoms with van der Waals surface area (Å²) in [6.07, 6.45) is 5.34. The van der Waals surface area contributed by atoms with Crippen LogP contribution in [0.3, 0.4) is 0 Å². The van der Waals surface area contributed by atoms with Gasteiger partial charge in [-0.3, -0.25) is 4.79 Å². The van der Waals surface area contributed by atoms with Crippen molar-refractivity contribution in [3.05, 3.63) is 0 Å². The van der Waals surface area contributed by atoms with Crippen molar-refractivity contribution in [2.75, 3.05) is 0 Å². The zero-order valence-electron chi connectivity index (χ0n) is 9.98. The molecule has 5 heteroatoms. The molecule has 1 rings (SSSR count). The first-order valence-electron chi connectivity index (χ1n) is 6.13. The molecule has 0 saturated heterocycles. The maximum atomic E-state index is 11.3. The fourth-order valence-electron chi connectivity index (χ4n) is 2.60. The van der Waals surface area contributed by atoms with Gasteiger partial charge < -0.3 is 15.9 Å². The quantitative estimate of drug-likeness (QED) is 0.472. The Labute approximate surface area is 97.3 Å². The van der Waals surface area contributed by atoms with E-state index in [1.165, 1.54) is 0 Å². The van der Waals surface area contributed by atoms with Crippen molar-refractivity contribution in [1.29, 1.82) is 0 Å². The van der Waals surface area contributed by atoms with Gasteiger partial charge in [-0.05, 0) is 32.0 Å². The molecule has 0 radical (unpaired) electrons. The molecule has 4 N–H and O–H groups in total.